The highest BCUT2D eigenvalue weighted by molar-refractivity contribution is 5.82. The summed E-state index contributed by atoms with van der Waals surface area (Å²) in [6, 6.07) is 13.6. The number of likely N-dealkylation sites (tertiary alicyclic amines) is 1. The van der Waals surface area contributed by atoms with Crippen LogP contribution >= 0.6 is 0 Å². The van der Waals surface area contributed by atoms with Crippen LogP contribution in [0.15, 0.2) is 53.5 Å². The van der Waals surface area contributed by atoms with E-state index in [1.807, 2.05) is 36.5 Å². The van der Waals surface area contributed by atoms with Crippen molar-refractivity contribution in [3.05, 3.63) is 75.7 Å². The monoisotopic (exact) mass is 489 g/mol. The summed E-state index contributed by atoms with van der Waals surface area (Å²) in [5.41, 5.74) is 5.24. The number of pyridine rings is 1. The van der Waals surface area contributed by atoms with E-state index in [2.05, 4.69) is 51.2 Å². The Labute approximate surface area is 208 Å². The van der Waals surface area contributed by atoms with Gasteiger partial charge in [-0.15, -0.1) is 0 Å². The summed E-state index contributed by atoms with van der Waals surface area (Å²) in [5, 5.41) is 11.7. The normalized spacial score (nSPS) is 13.8. The van der Waals surface area contributed by atoms with Gasteiger partial charge in [0.2, 0.25) is 0 Å². The summed E-state index contributed by atoms with van der Waals surface area (Å²) in [6.45, 7) is 5.14. The molecule has 3 heterocycles. The number of carbonyl (C=O) groups excluding carboxylic acids is 2. The molecule has 0 unspecified atom stereocenters. The van der Waals surface area contributed by atoms with Gasteiger partial charge in [0.05, 0.1) is 18.8 Å². The van der Waals surface area contributed by atoms with Crippen molar-refractivity contribution in [3.63, 3.8) is 0 Å². The number of nitrogens with one attached hydrogen (secondary N) is 3. The number of rotatable bonds is 3. The molecule has 0 aliphatic carbocycles. The number of para-hydroxylation sites is 1. The van der Waals surface area contributed by atoms with E-state index in [-0.39, 0.29) is 24.1 Å². The molecule has 2 amide bonds. The van der Waals surface area contributed by atoms with Crippen LogP contribution in [0, 0.1) is 13.8 Å². The SMILES string of the molecule is COC(=O)CNC(=O)N1CCC(c2cc3ccccc3[nH]c2=O)CC1.Cc1cc(C)c2[nH]ncc2c1. The van der Waals surface area contributed by atoms with Gasteiger partial charge in [-0.25, -0.2) is 4.79 Å². The predicted octanol–water partition coefficient (Wildman–Crippen LogP) is 3.77. The van der Waals surface area contributed by atoms with E-state index in [0.717, 1.165) is 22.0 Å². The molecule has 0 radical (unpaired) electrons. The Morgan fingerprint density at radius 3 is 2.61 bits per heavy atom. The second kappa shape index (κ2) is 11.1. The van der Waals surface area contributed by atoms with Gasteiger partial charge >= 0.3 is 12.0 Å². The summed E-state index contributed by atoms with van der Waals surface area (Å²) in [6.07, 6.45) is 3.29. The van der Waals surface area contributed by atoms with E-state index >= 15 is 0 Å². The van der Waals surface area contributed by atoms with Gasteiger partial charge in [-0.2, -0.15) is 5.10 Å². The first kappa shape index (κ1) is 25.0. The summed E-state index contributed by atoms with van der Waals surface area (Å²) in [5.74, 6) is -0.357. The number of aromatic nitrogens is 3. The van der Waals surface area contributed by atoms with Gasteiger partial charge in [0.1, 0.15) is 6.54 Å². The van der Waals surface area contributed by atoms with Crippen LogP contribution in [0.4, 0.5) is 4.79 Å². The molecule has 4 aromatic rings. The number of nitrogens with zero attached hydrogens (tertiary/aromatic N) is 2. The van der Waals surface area contributed by atoms with Crippen molar-refractivity contribution in [3.8, 4) is 0 Å². The van der Waals surface area contributed by atoms with E-state index in [4.69, 9.17) is 0 Å². The maximum Gasteiger partial charge on any atom is 0.325 e. The molecule has 0 spiro atoms. The van der Waals surface area contributed by atoms with Gasteiger partial charge in [-0.05, 0) is 61.8 Å². The molecule has 2 aromatic carbocycles. The molecule has 0 saturated carbocycles. The van der Waals surface area contributed by atoms with E-state index in [0.29, 0.717) is 25.9 Å². The third-order valence-corrected chi connectivity index (χ3v) is 6.51. The predicted molar refractivity (Wildman–Crippen MR) is 139 cm³/mol. The fourth-order valence-corrected chi connectivity index (χ4v) is 4.61. The maximum absolute atomic E-state index is 12.4. The number of hydrogen-bond acceptors (Lipinski definition) is 5. The smallest absolute Gasteiger partial charge is 0.325 e. The molecule has 1 aliphatic heterocycles. The van der Waals surface area contributed by atoms with Crippen molar-refractivity contribution in [2.45, 2.75) is 32.6 Å². The van der Waals surface area contributed by atoms with Crippen molar-refractivity contribution in [1.29, 1.82) is 0 Å². The Morgan fingerprint density at radius 1 is 1.11 bits per heavy atom. The van der Waals surface area contributed by atoms with Gasteiger partial charge in [-0.3, -0.25) is 14.7 Å². The number of urea groups is 1. The fourth-order valence-electron chi connectivity index (χ4n) is 4.61. The molecule has 1 saturated heterocycles. The molecule has 188 valence electrons. The van der Waals surface area contributed by atoms with E-state index in [1.165, 1.54) is 23.6 Å². The maximum atomic E-state index is 12.4. The number of fused-ring (bicyclic) bond motifs is 2. The van der Waals surface area contributed by atoms with Crippen LogP contribution in [0.5, 0.6) is 0 Å². The number of benzene rings is 2. The summed E-state index contributed by atoms with van der Waals surface area (Å²) in [7, 11) is 1.28. The Kier molecular flexibility index (Phi) is 7.68. The first-order valence-electron chi connectivity index (χ1n) is 12.0. The lowest BCUT2D eigenvalue weighted by Crippen LogP contribution is -2.46. The van der Waals surface area contributed by atoms with Crippen LogP contribution in [0.25, 0.3) is 21.8 Å². The molecule has 36 heavy (non-hydrogen) atoms. The van der Waals surface area contributed by atoms with Crippen LogP contribution in [-0.2, 0) is 9.53 Å². The number of methoxy groups -OCH3 is 1. The van der Waals surface area contributed by atoms with Crippen molar-refractivity contribution >= 4 is 33.8 Å². The van der Waals surface area contributed by atoms with Crippen molar-refractivity contribution < 1.29 is 14.3 Å². The Balaban J connectivity index is 0.000000229. The molecular formula is C27H31N5O4. The average molecular weight is 490 g/mol. The van der Waals surface area contributed by atoms with Gasteiger partial charge < -0.3 is 19.9 Å². The molecular weight excluding hydrogens is 458 g/mol. The van der Waals surface area contributed by atoms with Gasteiger partial charge in [0, 0.05) is 29.6 Å². The third kappa shape index (κ3) is 5.73. The number of piperidine rings is 1. The number of ether oxygens (including phenoxy) is 1. The zero-order valence-electron chi connectivity index (χ0n) is 20.8. The topological polar surface area (TPSA) is 120 Å². The molecule has 1 fully saturated rings. The van der Waals surface area contributed by atoms with Crippen LogP contribution in [0.3, 0.4) is 0 Å². The molecule has 0 atom stereocenters. The molecule has 0 bridgehead atoms. The van der Waals surface area contributed by atoms with Gasteiger partial charge in [0.25, 0.3) is 5.56 Å². The first-order valence-corrected chi connectivity index (χ1v) is 12.0. The first-order chi connectivity index (χ1) is 17.4. The summed E-state index contributed by atoms with van der Waals surface area (Å²) < 4.78 is 4.50. The Bertz CT molecular complexity index is 1430. The summed E-state index contributed by atoms with van der Waals surface area (Å²) in [4.78, 5) is 40.1. The number of carbonyl (C=O) groups is 2. The zero-order valence-corrected chi connectivity index (χ0v) is 20.8. The zero-order chi connectivity index (χ0) is 25.7. The second-order valence-corrected chi connectivity index (χ2v) is 9.05. The molecule has 9 heteroatoms. The Morgan fingerprint density at radius 2 is 1.86 bits per heavy atom. The lowest BCUT2D eigenvalue weighted by molar-refractivity contribution is -0.139. The highest BCUT2D eigenvalue weighted by Crippen LogP contribution is 2.27. The minimum absolute atomic E-state index is 0.0627. The highest BCUT2D eigenvalue weighted by atomic mass is 16.5. The number of amides is 2. The van der Waals surface area contributed by atoms with Gasteiger partial charge in [-0.1, -0.05) is 29.8 Å². The van der Waals surface area contributed by atoms with E-state index in [9.17, 15) is 14.4 Å². The number of aryl methyl sites for hydroxylation is 2. The van der Waals surface area contributed by atoms with Crippen LogP contribution in [-0.4, -0.2) is 58.8 Å². The van der Waals surface area contributed by atoms with Crippen molar-refractivity contribution in [2.75, 3.05) is 26.7 Å². The van der Waals surface area contributed by atoms with Crippen LogP contribution < -0.4 is 10.9 Å². The number of aromatic amines is 2. The van der Waals surface area contributed by atoms with E-state index < -0.39 is 5.97 Å². The largest absolute Gasteiger partial charge is 0.468 e. The molecule has 1 aliphatic rings. The molecule has 5 rings (SSSR count). The summed E-state index contributed by atoms with van der Waals surface area (Å²) >= 11 is 0. The second-order valence-electron chi connectivity index (χ2n) is 9.05. The molecule has 2 aromatic heterocycles. The third-order valence-electron chi connectivity index (χ3n) is 6.51. The lowest BCUT2D eigenvalue weighted by Gasteiger charge is -2.31. The minimum Gasteiger partial charge on any atom is -0.468 e. The van der Waals surface area contributed by atoms with Crippen molar-refractivity contribution in [1.82, 2.24) is 25.4 Å². The van der Waals surface area contributed by atoms with Crippen LogP contribution in [0.1, 0.15) is 35.4 Å². The fraction of sp³-hybridized carbons (Fsp3) is 0.333. The highest BCUT2D eigenvalue weighted by Gasteiger charge is 2.25. The average Bonchev–Trinajstić information content (AvgIpc) is 3.36. The Hall–Kier alpha value is -4.14. The van der Waals surface area contributed by atoms with Crippen LogP contribution in [0.2, 0.25) is 0 Å². The quantitative estimate of drug-likeness (QED) is 0.379. The number of hydrogen-bond donors (Lipinski definition) is 3. The van der Waals surface area contributed by atoms with E-state index in [1.54, 1.807) is 4.90 Å². The molecule has 9 nitrogen and oxygen atoms in total. The number of H-pyrrole nitrogens is 2. The minimum atomic E-state index is -0.481. The standard InChI is InChI=1S/C18H21N3O4.C9H10N2/c1-25-16(22)11-19-18(24)21-8-6-12(7-9-21)14-10-13-4-2-3-5-15(13)20-17(14)23;1-6-3-7(2)9-8(4-6)5-10-11-9/h2-5,10,12H,6-9,11H2,1H3,(H,19,24)(H,20,23);3-5H,1-2H3,(H,10,11). The number of esters is 1. The van der Waals surface area contributed by atoms with Gasteiger partial charge in [0.15, 0.2) is 0 Å². The lowest BCUT2D eigenvalue weighted by atomic mass is 9.89. The molecule has 3 N–H and O–H groups in total. The van der Waals surface area contributed by atoms with Crippen molar-refractivity contribution in [2.24, 2.45) is 0 Å².